The van der Waals surface area contributed by atoms with Gasteiger partial charge in [-0.2, -0.15) is 5.10 Å². The number of anilines is 1. The second kappa shape index (κ2) is 9.75. The Morgan fingerprint density at radius 3 is 2.57 bits per heavy atom. The molecule has 10 nitrogen and oxygen atoms in total. The molecule has 0 saturated carbocycles. The molecule has 2 amide bonds. The smallest absolute Gasteiger partial charge is 0.338 e. The van der Waals surface area contributed by atoms with Crippen LogP contribution < -0.4 is 4.90 Å². The van der Waals surface area contributed by atoms with Gasteiger partial charge in [0.25, 0.3) is 5.91 Å². The number of pyridine rings is 1. The zero-order chi connectivity index (χ0) is 24.4. The van der Waals surface area contributed by atoms with E-state index in [0.717, 1.165) is 24.4 Å². The highest BCUT2D eigenvalue weighted by Gasteiger charge is 2.43. The van der Waals surface area contributed by atoms with E-state index in [1.54, 1.807) is 37.4 Å². The lowest BCUT2D eigenvalue weighted by Gasteiger charge is -2.33. The standard InChI is InChI=1S/C25H26N6O4/c1-2-35-25(34)17-6-8-18(9-7-17)31-21(32)15-20(24(31)33)30-13-10-16(11-14-30)22-27-23(29-28-22)19-5-3-4-12-26-19/h3-9,12,16,20H,2,10-11,13-15H2,1H3,(H,27,28,29)/t20-/m1/s1. The molecule has 1 atom stereocenters. The van der Waals surface area contributed by atoms with Gasteiger partial charge < -0.3 is 4.74 Å². The third-order valence-corrected chi connectivity index (χ3v) is 6.51. The fourth-order valence-corrected chi connectivity index (χ4v) is 4.68. The van der Waals surface area contributed by atoms with Gasteiger partial charge in [-0.3, -0.25) is 24.6 Å². The van der Waals surface area contributed by atoms with Gasteiger partial charge in [-0.25, -0.2) is 14.7 Å². The number of amides is 2. The summed E-state index contributed by atoms with van der Waals surface area (Å²) in [6.07, 6.45) is 3.48. The molecule has 180 valence electrons. The molecule has 2 fully saturated rings. The SMILES string of the molecule is CCOC(=O)c1ccc(N2C(=O)C[C@@H](N3CCC(c4nc(-c5ccccn5)n[nH]4)CC3)C2=O)cc1. The van der Waals surface area contributed by atoms with Crippen LogP contribution in [0.1, 0.15) is 48.3 Å². The average molecular weight is 475 g/mol. The van der Waals surface area contributed by atoms with Crippen molar-refractivity contribution in [3.8, 4) is 11.5 Å². The Bertz CT molecular complexity index is 1220. The first-order valence-electron chi connectivity index (χ1n) is 11.8. The largest absolute Gasteiger partial charge is 0.462 e. The van der Waals surface area contributed by atoms with Crippen LogP contribution >= 0.6 is 0 Å². The number of likely N-dealkylation sites (tertiary alicyclic amines) is 1. The number of rotatable bonds is 6. The highest BCUT2D eigenvalue weighted by molar-refractivity contribution is 6.22. The van der Waals surface area contributed by atoms with Crippen LogP contribution in [0.5, 0.6) is 0 Å². The van der Waals surface area contributed by atoms with Crippen LogP contribution in [0.4, 0.5) is 5.69 Å². The number of hydrogen-bond acceptors (Lipinski definition) is 8. The molecule has 0 unspecified atom stereocenters. The van der Waals surface area contributed by atoms with E-state index in [-0.39, 0.29) is 30.8 Å². The van der Waals surface area contributed by atoms with Gasteiger partial charge in [0.2, 0.25) is 5.91 Å². The molecule has 35 heavy (non-hydrogen) atoms. The number of imide groups is 1. The van der Waals surface area contributed by atoms with E-state index in [1.165, 1.54) is 4.90 Å². The molecule has 5 rings (SSSR count). The van der Waals surface area contributed by atoms with Gasteiger partial charge in [0.1, 0.15) is 11.5 Å². The molecule has 4 heterocycles. The molecule has 0 spiro atoms. The number of benzene rings is 1. The molecule has 1 N–H and O–H groups in total. The van der Waals surface area contributed by atoms with Gasteiger partial charge in [-0.05, 0) is 69.3 Å². The second-order valence-corrected chi connectivity index (χ2v) is 8.62. The van der Waals surface area contributed by atoms with Gasteiger partial charge in [0, 0.05) is 12.1 Å². The Morgan fingerprint density at radius 1 is 1.11 bits per heavy atom. The summed E-state index contributed by atoms with van der Waals surface area (Å²) in [4.78, 5) is 50.0. The van der Waals surface area contributed by atoms with E-state index in [1.807, 2.05) is 18.2 Å². The molecule has 2 saturated heterocycles. The van der Waals surface area contributed by atoms with Crippen molar-refractivity contribution in [2.45, 2.75) is 38.1 Å². The van der Waals surface area contributed by atoms with Crippen LogP contribution in [-0.4, -0.2) is 68.6 Å². The number of hydrogen-bond donors (Lipinski definition) is 1. The first-order chi connectivity index (χ1) is 17.0. The van der Waals surface area contributed by atoms with Gasteiger partial charge in [0.15, 0.2) is 5.82 Å². The minimum atomic E-state index is -0.480. The van der Waals surface area contributed by atoms with E-state index in [9.17, 15) is 14.4 Å². The van der Waals surface area contributed by atoms with Crippen LogP contribution in [0, 0.1) is 0 Å². The average Bonchev–Trinajstić information content (AvgIpc) is 3.50. The summed E-state index contributed by atoms with van der Waals surface area (Å²) in [6, 6.07) is 11.5. The molecule has 2 aliphatic rings. The molecule has 0 aliphatic carbocycles. The maximum atomic E-state index is 13.2. The summed E-state index contributed by atoms with van der Waals surface area (Å²) in [6.45, 7) is 3.39. The number of esters is 1. The van der Waals surface area contributed by atoms with Crippen LogP contribution in [0.3, 0.4) is 0 Å². The first-order valence-corrected chi connectivity index (χ1v) is 11.8. The number of carbonyl (C=O) groups is 3. The van der Waals surface area contributed by atoms with Crippen LogP contribution in [0.15, 0.2) is 48.7 Å². The number of nitrogens with zero attached hydrogens (tertiary/aromatic N) is 5. The Labute approximate surface area is 202 Å². The molecule has 3 aromatic rings. The molecule has 0 radical (unpaired) electrons. The maximum Gasteiger partial charge on any atom is 0.338 e. The zero-order valence-corrected chi connectivity index (χ0v) is 19.4. The molecule has 0 bridgehead atoms. The lowest BCUT2D eigenvalue weighted by atomic mass is 9.95. The molecule has 2 aliphatic heterocycles. The number of nitrogens with one attached hydrogen (secondary N) is 1. The lowest BCUT2D eigenvalue weighted by Crippen LogP contribution is -2.45. The Hall–Kier alpha value is -3.92. The van der Waals surface area contributed by atoms with E-state index < -0.39 is 12.0 Å². The van der Waals surface area contributed by atoms with Crippen molar-refractivity contribution < 1.29 is 19.1 Å². The maximum absolute atomic E-state index is 13.2. The second-order valence-electron chi connectivity index (χ2n) is 8.62. The fraction of sp³-hybridized carbons (Fsp3) is 0.360. The van der Waals surface area contributed by atoms with Crippen LogP contribution in [-0.2, 0) is 14.3 Å². The third kappa shape index (κ3) is 4.57. The van der Waals surface area contributed by atoms with Gasteiger partial charge in [-0.1, -0.05) is 6.07 Å². The number of carbonyl (C=O) groups excluding carboxylic acids is 3. The van der Waals surface area contributed by atoms with Crippen LogP contribution in [0.2, 0.25) is 0 Å². The van der Waals surface area contributed by atoms with Crippen molar-refractivity contribution in [1.29, 1.82) is 0 Å². The van der Waals surface area contributed by atoms with Crippen molar-refractivity contribution >= 4 is 23.5 Å². The summed E-state index contributed by atoms with van der Waals surface area (Å²) in [5, 5.41) is 7.35. The van der Waals surface area contributed by atoms with E-state index >= 15 is 0 Å². The molecular formula is C25H26N6O4. The van der Waals surface area contributed by atoms with Crippen LogP contribution in [0.25, 0.3) is 11.5 Å². The molecule has 2 aromatic heterocycles. The monoisotopic (exact) mass is 474 g/mol. The van der Waals surface area contributed by atoms with E-state index in [4.69, 9.17) is 4.74 Å². The molecular weight excluding hydrogens is 448 g/mol. The quantitative estimate of drug-likeness (QED) is 0.427. The summed E-state index contributed by atoms with van der Waals surface area (Å²) in [5.41, 5.74) is 1.57. The number of ether oxygens (including phenoxy) is 1. The van der Waals surface area contributed by atoms with Crippen molar-refractivity contribution in [2.24, 2.45) is 0 Å². The number of aromatic amines is 1. The minimum Gasteiger partial charge on any atom is -0.462 e. The fourth-order valence-electron chi connectivity index (χ4n) is 4.68. The minimum absolute atomic E-state index is 0.148. The Balaban J connectivity index is 1.21. The number of H-pyrrole nitrogens is 1. The third-order valence-electron chi connectivity index (χ3n) is 6.51. The van der Waals surface area contributed by atoms with Gasteiger partial charge in [0.05, 0.1) is 30.3 Å². The predicted octanol–water partition coefficient (Wildman–Crippen LogP) is 2.55. The van der Waals surface area contributed by atoms with Crippen molar-refractivity contribution in [3.63, 3.8) is 0 Å². The number of piperidine rings is 1. The van der Waals surface area contributed by atoms with Gasteiger partial charge in [-0.15, -0.1) is 0 Å². The number of aromatic nitrogens is 4. The lowest BCUT2D eigenvalue weighted by molar-refractivity contribution is -0.123. The molecule has 10 heteroatoms. The van der Waals surface area contributed by atoms with E-state index in [0.29, 0.717) is 30.2 Å². The Kier molecular flexibility index (Phi) is 6.37. The summed E-state index contributed by atoms with van der Waals surface area (Å²) < 4.78 is 4.99. The zero-order valence-electron chi connectivity index (χ0n) is 19.4. The highest BCUT2D eigenvalue weighted by Crippen LogP contribution is 2.32. The normalized spacial score (nSPS) is 19.3. The topological polar surface area (TPSA) is 121 Å². The first kappa shape index (κ1) is 22.9. The predicted molar refractivity (Wildman–Crippen MR) is 126 cm³/mol. The highest BCUT2D eigenvalue weighted by atomic mass is 16.5. The summed E-state index contributed by atoms with van der Waals surface area (Å²) in [5.74, 6) is 0.704. The van der Waals surface area contributed by atoms with Crippen molar-refractivity contribution in [3.05, 3.63) is 60.0 Å². The Morgan fingerprint density at radius 2 is 1.89 bits per heavy atom. The van der Waals surface area contributed by atoms with Crippen molar-refractivity contribution in [1.82, 2.24) is 25.1 Å². The summed E-state index contributed by atoms with van der Waals surface area (Å²) in [7, 11) is 0. The van der Waals surface area contributed by atoms with Crippen molar-refractivity contribution in [2.75, 3.05) is 24.6 Å². The molecule has 1 aromatic carbocycles. The van der Waals surface area contributed by atoms with Gasteiger partial charge >= 0.3 is 5.97 Å². The van der Waals surface area contributed by atoms with E-state index in [2.05, 4.69) is 25.1 Å². The summed E-state index contributed by atoms with van der Waals surface area (Å²) >= 11 is 0.